The summed E-state index contributed by atoms with van der Waals surface area (Å²) >= 11 is 0. The number of benzene rings is 1. The van der Waals surface area contributed by atoms with Crippen molar-refractivity contribution in [1.29, 1.82) is 5.41 Å². The van der Waals surface area contributed by atoms with Crippen molar-refractivity contribution >= 4 is 17.7 Å². The first-order valence-electron chi connectivity index (χ1n) is 4.91. The summed E-state index contributed by atoms with van der Waals surface area (Å²) in [5.74, 6) is -0.295. The Morgan fingerprint density at radius 3 is 2.25 bits per heavy atom. The molecule has 0 aliphatic carbocycles. The third kappa shape index (κ3) is 2.13. The number of para-hydroxylation sites is 1. The number of guanidine groups is 1. The van der Waals surface area contributed by atoms with Crippen molar-refractivity contribution in [3.63, 3.8) is 0 Å². The van der Waals surface area contributed by atoms with Gasteiger partial charge in [0.2, 0.25) is 5.96 Å². The summed E-state index contributed by atoms with van der Waals surface area (Å²) in [5, 5.41) is 9.92. The molecule has 0 aliphatic rings. The largest absolute Gasteiger partial charge is 0.369 e. The van der Waals surface area contributed by atoms with Crippen molar-refractivity contribution in [2.45, 2.75) is 13.8 Å². The fourth-order valence-electron chi connectivity index (χ4n) is 1.60. The SMILES string of the molecule is CNC(=O)N(C(=N)N)c1c(C)cccc1C. The highest BCUT2D eigenvalue weighted by Gasteiger charge is 2.20. The van der Waals surface area contributed by atoms with Crippen LogP contribution in [0.5, 0.6) is 0 Å². The molecule has 4 N–H and O–H groups in total. The Bertz CT molecular complexity index is 408. The van der Waals surface area contributed by atoms with E-state index < -0.39 is 6.03 Å². The van der Waals surface area contributed by atoms with Crippen molar-refractivity contribution < 1.29 is 4.79 Å². The molecule has 16 heavy (non-hydrogen) atoms. The lowest BCUT2D eigenvalue weighted by Gasteiger charge is -2.23. The van der Waals surface area contributed by atoms with E-state index in [0.717, 1.165) is 16.0 Å². The maximum Gasteiger partial charge on any atom is 0.328 e. The average molecular weight is 220 g/mol. The lowest BCUT2D eigenvalue weighted by Crippen LogP contribution is -2.46. The first-order chi connectivity index (χ1) is 7.49. The number of hydrogen-bond donors (Lipinski definition) is 3. The van der Waals surface area contributed by atoms with E-state index in [-0.39, 0.29) is 5.96 Å². The molecular weight excluding hydrogens is 204 g/mol. The van der Waals surface area contributed by atoms with E-state index in [1.54, 1.807) is 0 Å². The highest BCUT2D eigenvalue weighted by Crippen LogP contribution is 2.24. The number of nitrogens with one attached hydrogen (secondary N) is 2. The van der Waals surface area contributed by atoms with Gasteiger partial charge in [0, 0.05) is 7.05 Å². The molecular formula is C11H16N4O. The van der Waals surface area contributed by atoms with Gasteiger partial charge in [0.1, 0.15) is 0 Å². The van der Waals surface area contributed by atoms with Crippen LogP contribution in [0.3, 0.4) is 0 Å². The second-order valence-electron chi connectivity index (χ2n) is 3.52. The highest BCUT2D eigenvalue weighted by atomic mass is 16.2. The molecule has 5 heteroatoms. The van der Waals surface area contributed by atoms with E-state index in [0.29, 0.717) is 5.69 Å². The monoisotopic (exact) mass is 220 g/mol. The summed E-state index contributed by atoms with van der Waals surface area (Å²) in [7, 11) is 1.51. The van der Waals surface area contributed by atoms with E-state index >= 15 is 0 Å². The number of amides is 2. The predicted molar refractivity (Wildman–Crippen MR) is 64.8 cm³/mol. The van der Waals surface area contributed by atoms with Gasteiger partial charge in [0.05, 0.1) is 5.69 Å². The van der Waals surface area contributed by atoms with E-state index in [4.69, 9.17) is 11.1 Å². The van der Waals surface area contributed by atoms with Crippen molar-refractivity contribution in [3.05, 3.63) is 29.3 Å². The molecule has 5 nitrogen and oxygen atoms in total. The Balaban J connectivity index is 3.32. The minimum absolute atomic E-state index is 0.295. The van der Waals surface area contributed by atoms with Crippen LogP contribution < -0.4 is 16.0 Å². The molecule has 0 bridgehead atoms. The first kappa shape index (κ1) is 12.0. The van der Waals surface area contributed by atoms with Crippen LogP contribution in [-0.4, -0.2) is 19.0 Å². The Morgan fingerprint density at radius 1 is 1.38 bits per heavy atom. The number of aryl methyl sites for hydroxylation is 2. The van der Waals surface area contributed by atoms with Gasteiger partial charge in [0.25, 0.3) is 0 Å². The predicted octanol–water partition coefficient (Wildman–Crippen LogP) is 1.34. The molecule has 0 heterocycles. The van der Waals surface area contributed by atoms with Crippen LogP contribution in [0.15, 0.2) is 18.2 Å². The fourth-order valence-corrected chi connectivity index (χ4v) is 1.60. The molecule has 0 saturated carbocycles. The van der Waals surface area contributed by atoms with Crippen molar-refractivity contribution in [3.8, 4) is 0 Å². The molecule has 0 fully saturated rings. The van der Waals surface area contributed by atoms with Crippen LogP contribution in [0.1, 0.15) is 11.1 Å². The third-order valence-corrected chi connectivity index (χ3v) is 2.32. The molecule has 0 spiro atoms. The molecule has 2 amide bonds. The Hall–Kier alpha value is -2.04. The number of anilines is 1. The second kappa shape index (κ2) is 4.65. The molecule has 0 radical (unpaired) electrons. The van der Waals surface area contributed by atoms with Gasteiger partial charge in [-0.1, -0.05) is 18.2 Å². The number of nitrogens with two attached hydrogens (primary N) is 1. The molecule has 0 atom stereocenters. The molecule has 0 saturated heterocycles. The lowest BCUT2D eigenvalue weighted by molar-refractivity contribution is 0.251. The smallest absolute Gasteiger partial charge is 0.328 e. The standard InChI is InChI=1S/C11H16N4O/c1-7-5-4-6-8(2)9(7)15(10(12)13)11(16)14-3/h4-6H,1-3H3,(H3,12,13)(H,14,16). The van der Waals surface area contributed by atoms with Gasteiger partial charge in [-0.05, 0) is 25.0 Å². The Morgan fingerprint density at radius 2 is 1.88 bits per heavy atom. The van der Waals surface area contributed by atoms with Gasteiger partial charge in [-0.2, -0.15) is 0 Å². The quantitative estimate of drug-likeness (QED) is 0.493. The van der Waals surface area contributed by atoms with Crippen LogP contribution in [0, 0.1) is 19.3 Å². The van der Waals surface area contributed by atoms with E-state index in [9.17, 15) is 4.79 Å². The van der Waals surface area contributed by atoms with Crippen molar-refractivity contribution in [1.82, 2.24) is 5.32 Å². The minimum Gasteiger partial charge on any atom is -0.369 e. The van der Waals surface area contributed by atoms with Crippen LogP contribution in [0.25, 0.3) is 0 Å². The first-order valence-corrected chi connectivity index (χ1v) is 4.91. The molecule has 1 aromatic rings. The van der Waals surface area contributed by atoms with Gasteiger partial charge in [-0.15, -0.1) is 0 Å². The van der Waals surface area contributed by atoms with Crippen LogP contribution in [0.2, 0.25) is 0 Å². The zero-order valence-corrected chi connectivity index (χ0v) is 9.66. The molecule has 86 valence electrons. The molecule has 0 aromatic heterocycles. The number of nitrogens with zero attached hydrogens (tertiary/aromatic N) is 1. The van der Waals surface area contributed by atoms with Crippen LogP contribution >= 0.6 is 0 Å². The summed E-state index contributed by atoms with van der Waals surface area (Å²) < 4.78 is 0. The summed E-state index contributed by atoms with van der Waals surface area (Å²) in [6.45, 7) is 3.75. The minimum atomic E-state index is -0.412. The van der Waals surface area contributed by atoms with Gasteiger partial charge in [0.15, 0.2) is 0 Å². The van der Waals surface area contributed by atoms with Crippen molar-refractivity contribution in [2.24, 2.45) is 5.73 Å². The fraction of sp³-hybridized carbons (Fsp3) is 0.273. The zero-order chi connectivity index (χ0) is 12.3. The summed E-state index contributed by atoms with van der Waals surface area (Å²) in [6, 6.07) is 5.24. The number of urea groups is 1. The van der Waals surface area contributed by atoms with Gasteiger partial charge in [-0.25, -0.2) is 9.69 Å². The summed E-state index contributed by atoms with van der Waals surface area (Å²) in [5.41, 5.74) is 7.90. The summed E-state index contributed by atoms with van der Waals surface area (Å²) in [4.78, 5) is 12.8. The van der Waals surface area contributed by atoms with E-state index in [1.165, 1.54) is 7.05 Å². The number of carbonyl (C=O) groups excluding carboxylic acids is 1. The van der Waals surface area contributed by atoms with Gasteiger partial charge >= 0.3 is 6.03 Å². The summed E-state index contributed by atoms with van der Waals surface area (Å²) in [6.07, 6.45) is 0. The van der Waals surface area contributed by atoms with E-state index in [2.05, 4.69) is 5.32 Å². The zero-order valence-electron chi connectivity index (χ0n) is 9.66. The normalized spacial score (nSPS) is 9.69. The van der Waals surface area contributed by atoms with Crippen LogP contribution in [-0.2, 0) is 0 Å². The Kier molecular flexibility index (Phi) is 3.50. The topological polar surface area (TPSA) is 82.2 Å². The maximum atomic E-state index is 11.7. The molecule has 1 rings (SSSR count). The number of hydrogen-bond acceptors (Lipinski definition) is 2. The molecule has 1 aromatic carbocycles. The second-order valence-corrected chi connectivity index (χ2v) is 3.52. The number of rotatable bonds is 1. The van der Waals surface area contributed by atoms with Gasteiger partial charge < -0.3 is 11.1 Å². The molecule has 0 aliphatic heterocycles. The van der Waals surface area contributed by atoms with Gasteiger partial charge in [-0.3, -0.25) is 5.41 Å². The van der Waals surface area contributed by atoms with Crippen LogP contribution in [0.4, 0.5) is 10.5 Å². The maximum absolute atomic E-state index is 11.7. The third-order valence-electron chi connectivity index (χ3n) is 2.32. The Labute approximate surface area is 94.8 Å². The molecule has 0 unspecified atom stereocenters. The lowest BCUT2D eigenvalue weighted by atomic mass is 10.1. The highest BCUT2D eigenvalue weighted by molar-refractivity contribution is 6.14. The average Bonchev–Trinajstić information content (AvgIpc) is 2.22. The van der Waals surface area contributed by atoms with E-state index in [1.807, 2.05) is 32.0 Å². The van der Waals surface area contributed by atoms with Crippen molar-refractivity contribution in [2.75, 3.05) is 11.9 Å². The number of carbonyl (C=O) groups is 1.